The molecule has 0 fully saturated rings. The van der Waals surface area contributed by atoms with E-state index in [0.717, 1.165) is 10.0 Å². The molecule has 3 aromatic carbocycles. The Hall–Kier alpha value is -3.16. The fourth-order valence-electron chi connectivity index (χ4n) is 3.15. The predicted octanol–water partition coefficient (Wildman–Crippen LogP) is 6.23. The molecule has 0 saturated heterocycles. The van der Waals surface area contributed by atoms with Gasteiger partial charge in [0.15, 0.2) is 0 Å². The normalized spacial score (nSPS) is 10.6. The number of hydrogen-bond acceptors (Lipinski definition) is 3. The van der Waals surface area contributed by atoms with Crippen LogP contribution in [0.5, 0.6) is 0 Å². The van der Waals surface area contributed by atoms with E-state index in [1.807, 2.05) is 38.1 Å². The molecule has 0 radical (unpaired) electrons. The van der Waals surface area contributed by atoms with Crippen molar-refractivity contribution in [2.75, 3.05) is 10.6 Å². The maximum absolute atomic E-state index is 12.7. The molecule has 6 nitrogen and oxygen atoms in total. The Bertz CT molecular complexity index is 1180. The van der Waals surface area contributed by atoms with Gasteiger partial charge in [-0.1, -0.05) is 57.9 Å². The predicted molar refractivity (Wildman–Crippen MR) is 138 cm³/mol. The average Bonchev–Trinajstić information content (AvgIpc) is 2.76. The molecule has 3 rings (SSSR count). The van der Waals surface area contributed by atoms with E-state index in [4.69, 9.17) is 17.0 Å². The third-order valence-electron chi connectivity index (χ3n) is 4.69. The smallest absolute Gasteiger partial charge is 0.319 e. The summed E-state index contributed by atoms with van der Waals surface area (Å²) in [6.45, 7) is 3.76. The molecule has 0 unspecified atom stereocenters. The van der Waals surface area contributed by atoms with Crippen molar-refractivity contribution in [3.63, 3.8) is 0 Å². The molecule has 0 aromatic heterocycles. The Morgan fingerprint density at radius 1 is 1.00 bits per heavy atom. The Balaban J connectivity index is 1.76. The molecule has 170 valence electrons. The Morgan fingerprint density at radius 3 is 2.36 bits per heavy atom. The third-order valence-corrected chi connectivity index (χ3v) is 5.69. The van der Waals surface area contributed by atoms with Crippen LogP contribution in [0.1, 0.15) is 30.5 Å². The second-order valence-corrected chi connectivity index (χ2v) is 9.00. The highest BCUT2D eigenvalue weighted by atomic mass is 79.9. The van der Waals surface area contributed by atoms with E-state index in [2.05, 4.69) is 31.9 Å². The first-order valence-corrected chi connectivity index (χ1v) is 11.5. The molecule has 0 atom stereocenters. The molecule has 0 saturated carbocycles. The van der Waals surface area contributed by atoms with Crippen LogP contribution in [-0.2, 0) is 11.2 Å². The second kappa shape index (κ2) is 11.1. The summed E-state index contributed by atoms with van der Waals surface area (Å²) in [6.07, 6.45) is 0.190. The zero-order chi connectivity index (χ0) is 24.0. The summed E-state index contributed by atoms with van der Waals surface area (Å²) in [5, 5.41) is 17.6. The number of halogens is 2. The lowest BCUT2D eigenvalue weighted by atomic mass is 10.00. The van der Waals surface area contributed by atoms with E-state index in [1.165, 1.54) is 0 Å². The second-order valence-electron chi connectivity index (χ2n) is 7.71. The fourth-order valence-corrected chi connectivity index (χ4v) is 3.74. The van der Waals surface area contributed by atoms with Gasteiger partial charge in [0, 0.05) is 32.4 Å². The number of benzene rings is 3. The number of hydrogen-bond donors (Lipinski definition) is 4. The summed E-state index contributed by atoms with van der Waals surface area (Å²) >= 11 is 9.65. The van der Waals surface area contributed by atoms with Gasteiger partial charge in [-0.25, -0.2) is 4.79 Å². The number of nitrogens with one attached hydrogen (secondary N) is 4. The highest BCUT2D eigenvalue weighted by Gasteiger charge is 2.15. The quantitative estimate of drug-likeness (QED) is 0.274. The lowest BCUT2D eigenvalue weighted by Gasteiger charge is -2.14. The SMILES string of the molecule is CC(C)NC(=O)Nc1ccc(C(=N)c2cc(Cl)ccc2NC(=O)Cc2ccccc2Br)cc1. The van der Waals surface area contributed by atoms with E-state index in [-0.39, 0.29) is 30.1 Å². The molecule has 0 bridgehead atoms. The molecule has 0 aliphatic carbocycles. The van der Waals surface area contributed by atoms with E-state index in [0.29, 0.717) is 27.5 Å². The number of carbonyl (C=O) groups excluding carboxylic acids is 2. The van der Waals surface area contributed by atoms with Gasteiger partial charge in [0.2, 0.25) is 5.91 Å². The number of urea groups is 1. The van der Waals surface area contributed by atoms with E-state index in [1.54, 1.807) is 42.5 Å². The minimum absolute atomic E-state index is 0.0249. The number of rotatable bonds is 7. The van der Waals surface area contributed by atoms with Gasteiger partial charge in [0.25, 0.3) is 0 Å². The molecule has 33 heavy (non-hydrogen) atoms. The van der Waals surface area contributed by atoms with Crippen molar-refractivity contribution in [3.8, 4) is 0 Å². The van der Waals surface area contributed by atoms with Crippen molar-refractivity contribution in [2.45, 2.75) is 26.3 Å². The third kappa shape index (κ3) is 6.91. The summed E-state index contributed by atoms with van der Waals surface area (Å²) < 4.78 is 0.861. The maximum atomic E-state index is 12.7. The summed E-state index contributed by atoms with van der Waals surface area (Å²) in [5.41, 5.74) is 3.30. The Morgan fingerprint density at radius 2 is 1.70 bits per heavy atom. The first-order chi connectivity index (χ1) is 15.7. The molecule has 0 heterocycles. The number of anilines is 2. The van der Waals surface area contributed by atoms with Gasteiger partial charge >= 0.3 is 6.03 Å². The van der Waals surface area contributed by atoms with Gasteiger partial charge in [0.05, 0.1) is 17.8 Å². The fraction of sp³-hybridized carbons (Fsp3) is 0.160. The summed E-state index contributed by atoms with van der Waals surface area (Å²) in [5.74, 6) is -0.200. The van der Waals surface area contributed by atoms with Gasteiger partial charge in [0.1, 0.15) is 0 Å². The van der Waals surface area contributed by atoms with Crippen LogP contribution in [0.2, 0.25) is 5.02 Å². The molecule has 0 aliphatic rings. The van der Waals surface area contributed by atoms with Crippen LogP contribution in [-0.4, -0.2) is 23.7 Å². The van der Waals surface area contributed by atoms with Gasteiger partial charge in [-0.05, 0) is 55.8 Å². The van der Waals surface area contributed by atoms with E-state index in [9.17, 15) is 9.59 Å². The zero-order valence-electron chi connectivity index (χ0n) is 18.2. The van der Waals surface area contributed by atoms with Crippen molar-refractivity contribution >= 4 is 56.6 Å². The van der Waals surface area contributed by atoms with Crippen LogP contribution in [0.25, 0.3) is 0 Å². The van der Waals surface area contributed by atoms with Crippen molar-refractivity contribution in [2.24, 2.45) is 0 Å². The maximum Gasteiger partial charge on any atom is 0.319 e. The van der Waals surface area contributed by atoms with Crippen LogP contribution in [0.4, 0.5) is 16.2 Å². The highest BCUT2D eigenvalue weighted by molar-refractivity contribution is 9.10. The molecular formula is C25H24BrClN4O2. The van der Waals surface area contributed by atoms with Gasteiger partial charge in [-0.15, -0.1) is 0 Å². The molecule has 4 N–H and O–H groups in total. The summed E-state index contributed by atoms with van der Waals surface area (Å²) in [7, 11) is 0. The first kappa shape index (κ1) is 24.5. The number of amides is 3. The van der Waals surface area contributed by atoms with Crippen LogP contribution in [0.15, 0.2) is 71.2 Å². The lowest BCUT2D eigenvalue weighted by Crippen LogP contribution is -2.34. The van der Waals surface area contributed by atoms with Crippen molar-refractivity contribution in [1.82, 2.24) is 5.32 Å². The van der Waals surface area contributed by atoms with E-state index < -0.39 is 0 Å². The lowest BCUT2D eigenvalue weighted by molar-refractivity contribution is -0.115. The Labute approximate surface area is 206 Å². The van der Waals surface area contributed by atoms with Gasteiger partial charge in [-0.2, -0.15) is 0 Å². The molecule has 8 heteroatoms. The molecule has 0 aliphatic heterocycles. The molecule has 0 spiro atoms. The Kier molecular flexibility index (Phi) is 8.25. The van der Waals surface area contributed by atoms with Crippen LogP contribution >= 0.6 is 27.5 Å². The average molecular weight is 528 g/mol. The summed E-state index contributed by atoms with van der Waals surface area (Å²) in [4.78, 5) is 24.6. The summed E-state index contributed by atoms with van der Waals surface area (Å²) in [6, 6.07) is 19.2. The van der Waals surface area contributed by atoms with Crippen LogP contribution in [0, 0.1) is 5.41 Å². The molecule has 3 aromatic rings. The standard InChI is InChI=1S/C25H24BrClN4O2/c1-15(2)29-25(33)30-19-10-7-16(8-11-19)24(28)20-14-18(27)9-12-22(20)31-23(32)13-17-5-3-4-6-21(17)26/h3-12,14-15,28H,13H2,1-2H3,(H,31,32)(H2,29,30,33). The molecular weight excluding hydrogens is 504 g/mol. The van der Waals surface area contributed by atoms with E-state index >= 15 is 0 Å². The van der Waals surface area contributed by atoms with Crippen molar-refractivity contribution in [1.29, 1.82) is 5.41 Å². The highest BCUT2D eigenvalue weighted by Crippen LogP contribution is 2.25. The minimum Gasteiger partial charge on any atom is -0.336 e. The number of carbonyl (C=O) groups is 2. The largest absolute Gasteiger partial charge is 0.336 e. The molecule has 3 amide bonds. The zero-order valence-corrected chi connectivity index (χ0v) is 20.5. The monoisotopic (exact) mass is 526 g/mol. The topological polar surface area (TPSA) is 94.1 Å². The minimum atomic E-state index is -0.294. The first-order valence-electron chi connectivity index (χ1n) is 10.3. The van der Waals surface area contributed by atoms with Crippen LogP contribution in [0.3, 0.4) is 0 Å². The van der Waals surface area contributed by atoms with Gasteiger partial charge in [-0.3, -0.25) is 10.2 Å². The van der Waals surface area contributed by atoms with Crippen molar-refractivity contribution < 1.29 is 9.59 Å². The van der Waals surface area contributed by atoms with Crippen LogP contribution < -0.4 is 16.0 Å². The van der Waals surface area contributed by atoms with Crippen molar-refractivity contribution in [3.05, 3.63) is 92.9 Å². The van der Waals surface area contributed by atoms with Gasteiger partial charge < -0.3 is 16.0 Å².